The van der Waals surface area contributed by atoms with Crippen LogP contribution in [0.25, 0.3) is 16.1 Å². The first-order chi connectivity index (χ1) is 8.24. The summed E-state index contributed by atoms with van der Waals surface area (Å²) in [6, 6.07) is 7.20. The van der Waals surface area contributed by atoms with Crippen molar-refractivity contribution in [3.05, 3.63) is 55.3 Å². The van der Waals surface area contributed by atoms with Crippen molar-refractivity contribution >= 4 is 15.9 Å². The summed E-state index contributed by atoms with van der Waals surface area (Å²) in [6.07, 6.45) is 0. The lowest BCUT2D eigenvalue weighted by Crippen LogP contribution is -2.36. The number of aromatic nitrogens is 2. The number of aromatic amines is 1. The van der Waals surface area contributed by atoms with Gasteiger partial charge in [-0.3, -0.25) is 4.52 Å². The van der Waals surface area contributed by atoms with Gasteiger partial charge in [0.2, 0.25) is 5.69 Å². The Morgan fingerprint density at radius 3 is 2.94 bits per heavy atom. The zero-order chi connectivity index (χ0) is 12.3. The number of H-pyrrole nitrogens is 1. The van der Waals surface area contributed by atoms with Gasteiger partial charge in [-0.2, -0.15) is 0 Å². The van der Waals surface area contributed by atoms with Crippen LogP contribution in [0, 0.1) is 0 Å². The van der Waals surface area contributed by atoms with Crippen molar-refractivity contribution in [1.29, 1.82) is 0 Å². The molecule has 0 radical (unpaired) electrons. The van der Waals surface area contributed by atoms with Gasteiger partial charge in [-0.15, -0.1) is 0 Å². The SMILES string of the molecule is [N-]=[N+]=NCc1ccccc1-[n+]1[nH]oc(=O)c1Br. The molecule has 17 heavy (non-hydrogen) atoms. The number of para-hydroxylation sites is 1. The summed E-state index contributed by atoms with van der Waals surface area (Å²) < 4.78 is 6.32. The molecular weight excluding hydrogens is 290 g/mol. The molecule has 0 aliphatic heterocycles. The Bertz CT molecular complexity index is 641. The molecule has 0 unspecified atom stereocenters. The van der Waals surface area contributed by atoms with Crippen LogP contribution in [0.15, 0.2) is 43.3 Å². The van der Waals surface area contributed by atoms with E-state index in [9.17, 15) is 4.79 Å². The minimum absolute atomic E-state index is 0.194. The highest BCUT2D eigenvalue weighted by Crippen LogP contribution is 2.11. The van der Waals surface area contributed by atoms with E-state index in [0.29, 0.717) is 5.69 Å². The second-order valence-electron chi connectivity index (χ2n) is 3.12. The summed E-state index contributed by atoms with van der Waals surface area (Å²) in [4.78, 5) is 13.9. The highest BCUT2D eigenvalue weighted by atomic mass is 79.9. The Labute approximate surface area is 103 Å². The van der Waals surface area contributed by atoms with Gasteiger partial charge in [0.15, 0.2) is 0 Å². The maximum atomic E-state index is 11.2. The normalized spacial score (nSPS) is 9.94. The van der Waals surface area contributed by atoms with E-state index in [1.54, 1.807) is 18.2 Å². The van der Waals surface area contributed by atoms with Crippen molar-refractivity contribution in [3.8, 4) is 5.69 Å². The first-order valence-corrected chi connectivity index (χ1v) is 5.41. The van der Waals surface area contributed by atoms with E-state index in [2.05, 4.69) is 35.8 Å². The summed E-state index contributed by atoms with van der Waals surface area (Å²) in [5, 5.41) is 5.95. The van der Waals surface area contributed by atoms with Gasteiger partial charge >= 0.3 is 10.2 Å². The molecule has 0 aliphatic carbocycles. The molecule has 0 bridgehead atoms. The average Bonchev–Trinajstić information content (AvgIpc) is 2.68. The minimum atomic E-state index is -0.511. The molecule has 0 saturated carbocycles. The van der Waals surface area contributed by atoms with Crippen LogP contribution in [-0.4, -0.2) is 5.27 Å². The molecule has 1 heterocycles. The van der Waals surface area contributed by atoms with Gasteiger partial charge in [0.05, 0.1) is 6.54 Å². The van der Waals surface area contributed by atoms with Crippen LogP contribution in [0.1, 0.15) is 5.56 Å². The molecule has 7 nitrogen and oxygen atoms in total. The monoisotopic (exact) mass is 296 g/mol. The second kappa shape index (κ2) is 4.86. The largest absolute Gasteiger partial charge is 0.442 e. The van der Waals surface area contributed by atoms with E-state index < -0.39 is 5.63 Å². The molecule has 2 aromatic rings. The van der Waals surface area contributed by atoms with E-state index in [-0.39, 0.29) is 11.1 Å². The van der Waals surface area contributed by atoms with Crippen LogP contribution in [0.5, 0.6) is 0 Å². The van der Waals surface area contributed by atoms with Crippen LogP contribution in [0.3, 0.4) is 0 Å². The van der Waals surface area contributed by atoms with E-state index in [1.165, 1.54) is 4.68 Å². The van der Waals surface area contributed by atoms with E-state index in [0.717, 1.165) is 5.56 Å². The predicted octanol–water partition coefficient (Wildman–Crippen LogP) is 1.82. The van der Waals surface area contributed by atoms with Crippen molar-refractivity contribution in [3.63, 3.8) is 0 Å². The summed E-state index contributed by atoms with van der Waals surface area (Å²) in [5.41, 5.74) is 9.25. The van der Waals surface area contributed by atoms with Crippen molar-refractivity contribution in [1.82, 2.24) is 5.27 Å². The number of benzene rings is 1. The molecular formula is C9H7BrN5O2+. The third kappa shape index (κ3) is 2.22. The lowest BCUT2D eigenvalue weighted by Gasteiger charge is -1.97. The van der Waals surface area contributed by atoms with E-state index in [1.807, 2.05) is 6.07 Å². The first-order valence-electron chi connectivity index (χ1n) is 4.62. The number of hydrogen-bond donors (Lipinski definition) is 1. The molecule has 1 N–H and O–H groups in total. The van der Waals surface area contributed by atoms with Gasteiger partial charge in [-0.25, -0.2) is 4.79 Å². The maximum Gasteiger partial charge on any atom is 0.442 e. The van der Waals surface area contributed by atoms with Crippen LogP contribution < -0.4 is 10.3 Å². The molecule has 0 amide bonds. The van der Waals surface area contributed by atoms with Crippen LogP contribution >= 0.6 is 15.9 Å². The summed E-state index contributed by atoms with van der Waals surface area (Å²) >= 11 is 3.11. The molecule has 0 saturated heterocycles. The van der Waals surface area contributed by atoms with Crippen molar-refractivity contribution < 1.29 is 9.20 Å². The number of nitrogens with zero attached hydrogens (tertiary/aromatic N) is 4. The third-order valence-corrected chi connectivity index (χ3v) is 2.81. The minimum Gasteiger partial charge on any atom is -0.282 e. The highest BCUT2D eigenvalue weighted by molar-refractivity contribution is 9.10. The Balaban J connectivity index is 2.55. The molecule has 0 spiro atoms. The molecule has 8 heteroatoms. The highest BCUT2D eigenvalue weighted by Gasteiger charge is 2.22. The summed E-state index contributed by atoms with van der Waals surface area (Å²) in [6.45, 7) is 0.194. The molecule has 1 aromatic carbocycles. The number of nitrogens with one attached hydrogen (secondary N) is 1. The Morgan fingerprint density at radius 2 is 2.29 bits per heavy atom. The second-order valence-corrected chi connectivity index (χ2v) is 3.88. The van der Waals surface area contributed by atoms with Crippen LogP contribution in [0.4, 0.5) is 0 Å². The Morgan fingerprint density at radius 1 is 1.53 bits per heavy atom. The van der Waals surface area contributed by atoms with Gasteiger partial charge in [0, 0.05) is 32.5 Å². The Kier molecular flexibility index (Phi) is 3.27. The number of rotatable bonds is 3. The molecule has 0 atom stereocenters. The van der Waals surface area contributed by atoms with Crippen molar-refractivity contribution in [2.24, 2.45) is 5.11 Å². The fourth-order valence-corrected chi connectivity index (χ4v) is 1.73. The van der Waals surface area contributed by atoms with Gasteiger partial charge in [0.1, 0.15) is 0 Å². The van der Waals surface area contributed by atoms with Gasteiger partial charge in [-0.05, 0) is 15.5 Å². The summed E-state index contributed by atoms with van der Waals surface area (Å²) in [7, 11) is 0. The average molecular weight is 297 g/mol. The fraction of sp³-hybridized carbons (Fsp3) is 0.111. The van der Waals surface area contributed by atoms with E-state index in [4.69, 9.17) is 5.53 Å². The maximum absolute atomic E-state index is 11.2. The molecule has 86 valence electrons. The Hall–Kier alpha value is -2.05. The quantitative estimate of drug-likeness (QED) is 0.404. The van der Waals surface area contributed by atoms with Gasteiger partial charge in [-0.1, -0.05) is 23.3 Å². The number of azide groups is 1. The predicted molar refractivity (Wildman–Crippen MR) is 61.4 cm³/mol. The van der Waals surface area contributed by atoms with Crippen molar-refractivity contribution in [2.75, 3.05) is 0 Å². The van der Waals surface area contributed by atoms with Crippen molar-refractivity contribution in [2.45, 2.75) is 6.54 Å². The van der Waals surface area contributed by atoms with Gasteiger partial charge < -0.3 is 0 Å². The first kappa shape index (κ1) is 11.4. The lowest BCUT2D eigenvalue weighted by atomic mass is 10.2. The smallest absolute Gasteiger partial charge is 0.282 e. The third-order valence-electron chi connectivity index (χ3n) is 2.13. The zero-order valence-corrected chi connectivity index (χ0v) is 10.1. The zero-order valence-electron chi connectivity index (χ0n) is 8.50. The fourth-order valence-electron chi connectivity index (χ4n) is 1.39. The van der Waals surface area contributed by atoms with Crippen LogP contribution in [-0.2, 0) is 6.54 Å². The molecule has 2 rings (SSSR count). The molecule has 1 aromatic heterocycles. The topological polar surface area (TPSA) is 98.6 Å². The number of halogens is 1. The van der Waals surface area contributed by atoms with Crippen LogP contribution in [0.2, 0.25) is 0 Å². The van der Waals surface area contributed by atoms with E-state index >= 15 is 0 Å². The molecule has 0 fully saturated rings. The van der Waals surface area contributed by atoms with Gasteiger partial charge in [0.25, 0.3) is 0 Å². The number of hydrogen-bond acceptors (Lipinski definition) is 3. The summed E-state index contributed by atoms with van der Waals surface area (Å²) in [5.74, 6) is 0. The standard InChI is InChI=1S/C9H6BrN5O2/c10-8-9(16)17-14-15(8)7-4-2-1-3-6(7)5-12-13-11/h1-4H,5H2/p+1. The molecule has 0 aliphatic rings. The lowest BCUT2D eigenvalue weighted by molar-refractivity contribution is -0.680.